The number of amides is 1. The van der Waals surface area contributed by atoms with Crippen molar-refractivity contribution in [3.63, 3.8) is 0 Å². The van der Waals surface area contributed by atoms with Crippen molar-refractivity contribution in [1.82, 2.24) is 4.57 Å². The summed E-state index contributed by atoms with van der Waals surface area (Å²) in [5.74, 6) is -1.25. The van der Waals surface area contributed by atoms with Crippen LogP contribution in [0.1, 0.15) is 29.8 Å². The monoisotopic (exact) mass is 516 g/mol. The first-order chi connectivity index (χ1) is 14.9. The Kier molecular flexibility index (Phi) is 6.17. The van der Waals surface area contributed by atoms with Crippen LogP contribution < -0.4 is 10.6 Å². The molecule has 1 aromatic heterocycles. The van der Waals surface area contributed by atoms with Crippen molar-refractivity contribution in [1.29, 1.82) is 0 Å². The molecule has 4 rings (SSSR count). The number of hydrogen-bond donors (Lipinski definition) is 1. The summed E-state index contributed by atoms with van der Waals surface area (Å²) in [6.07, 6.45) is 0.666. The van der Waals surface area contributed by atoms with Crippen LogP contribution in [0.3, 0.4) is 0 Å². The molecule has 1 unspecified atom stereocenters. The van der Waals surface area contributed by atoms with Crippen LogP contribution in [0.5, 0.6) is 5.88 Å². The Labute approximate surface area is 195 Å². The van der Waals surface area contributed by atoms with Gasteiger partial charge in [-0.15, -0.1) is 11.3 Å². The van der Waals surface area contributed by atoms with Gasteiger partial charge in [0.15, 0.2) is 10.00 Å². The molecule has 2 heterocycles. The van der Waals surface area contributed by atoms with Gasteiger partial charge in [0.25, 0.3) is 5.91 Å². The van der Waals surface area contributed by atoms with Crippen LogP contribution in [0.4, 0.5) is 0 Å². The summed E-state index contributed by atoms with van der Waals surface area (Å²) in [6.45, 7) is 2.15. The zero-order valence-corrected chi connectivity index (χ0v) is 19.6. The number of fused-ring (bicyclic) bond motifs is 1. The fraction of sp³-hybridized carbons (Fsp3) is 0.182. The van der Waals surface area contributed by atoms with E-state index in [9.17, 15) is 14.7 Å². The minimum absolute atomic E-state index is 0.249. The second-order valence-electron chi connectivity index (χ2n) is 6.82. The highest BCUT2D eigenvalue weighted by Gasteiger charge is 2.32. The number of thiazole rings is 1. The smallest absolute Gasteiger partial charge is 0.334 e. The van der Waals surface area contributed by atoms with Gasteiger partial charge in [0.05, 0.1) is 17.5 Å². The average molecular weight is 517 g/mol. The molecule has 9 heteroatoms. The number of carbonyl (C=O) groups is 2. The molecule has 0 radical (unpaired) electrons. The lowest BCUT2D eigenvalue weighted by Crippen LogP contribution is -2.24. The highest BCUT2D eigenvalue weighted by molar-refractivity contribution is 9.10. The minimum atomic E-state index is -0.971. The van der Waals surface area contributed by atoms with Crippen molar-refractivity contribution >= 4 is 56.9 Å². The number of nitrogens with zero attached hydrogens (tertiary/aromatic N) is 2. The number of benzene rings is 2. The van der Waals surface area contributed by atoms with Crippen LogP contribution in [0.2, 0.25) is 0 Å². The van der Waals surface area contributed by atoms with Crippen molar-refractivity contribution in [3.05, 3.63) is 78.0 Å². The predicted molar refractivity (Wildman–Crippen MR) is 123 cm³/mol. The van der Waals surface area contributed by atoms with Crippen LogP contribution in [0.15, 0.2) is 58.0 Å². The number of esters is 1. The largest absolute Gasteiger partial charge is 0.493 e. The quantitative estimate of drug-likeness (QED) is 0.399. The number of ether oxygens (including phenoxy) is 1. The molecular weight excluding hydrogens is 500 g/mol. The standard InChI is InChI=1S/C22H17BrN2O4S2/c1-2-10-29-21(28)17(12-6-4-3-5-7-12)25-20(27)18(31-22(25)30)16-14-11-13(23)8-9-15(14)24-19(16)26/h3-9,11,17,27H,2,10H2,1H3. The summed E-state index contributed by atoms with van der Waals surface area (Å²) < 4.78 is 7.76. The number of halogens is 1. The number of hydrogen-bond acceptors (Lipinski definition) is 6. The normalized spacial score (nSPS) is 13.6. The van der Waals surface area contributed by atoms with Crippen molar-refractivity contribution in [3.8, 4) is 5.88 Å². The van der Waals surface area contributed by atoms with Gasteiger partial charge in [-0.3, -0.25) is 9.36 Å². The first-order valence-electron chi connectivity index (χ1n) is 9.51. The van der Waals surface area contributed by atoms with E-state index in [4.69, 9.17) is 17.0 Å². The van der Waals surface area contributed by atoms with Crippen molar-refractivity contribution in [2.24, 2.45) is 4.99 Å². The lowest BCUT2D eigenvalue weighted by molar-refractivity contribution is -0.146. The molecule has 2 aromatic carbocycles. The lowest BCUT2D eigenvalue weighted by atomic mass is 10.1. The Balaban J connectivity index is 1.92. The molecule has 158 valence electrons. The SMILES string of the molecule is CCCOC(=O)C(c1ccccc1)n1c(O)c(C2=c3cc(Br)ccc3=NC2=O)sc1=S. The fourth-order valence-corrected chi connectivity index (χ4v) is 5.14. The van der Waals surface area contributed by atoms with E-state index in [0.29, 0.717) is 22.6 Å². The summed E-state index contributed by atoms with van der Waals surface area (Å²) in [6, 6.07) is 13.3. The minimum Gasteiger partial charge on any atom is -0.493 e. The van der Waals surface area contributed by atoms with Crippen LogP contribution in [0, 0.1) is 3.95 Å². The maximum Gasteiger partial charge on any atom is 0.334 e. The third kappa shape index (κ3) is 4.00. The average Bonchev–Trinajstić information content (AvgIpc) is 3.22. The Hall–Kier alpha value is -2.62. The van der Waals surface area contributed by atoms with Crippen molar-refractivity contribution in [2.75, 3.05) is 6.61 Å². The summed E-state index contributed by atoms with van der Waals surface area (Å²) in [5.41, 5.74) is 0.882. The van der Waals surface area contributed by atoms with Crippen LogP contribution in [-0.2, 0) is 14.3 Å². The van der Waals surface area contributed by atoms with Gasteiger partial charge in [0.1, 0.15) is 4.88 Å². The van der Waals surface area contributed by atoms with Crippen LogP contribution in [0.25, 0.3) is 5.57 Å². The molecular formula is C22H17BrN2O4S2. The maximum atomic E-state index is 13.0. The van der Waals surface area contributed by atoms with E-state index in [1.165, 1.54) is 4.57 Å². The zero-order valence-electron chi connectivity index (χ0n) is 16.4. The van der Waals surface area contributed by atoms with Gasteiger partial charge in [-0.25, -0.2) is 9.79 Å². The van der Waals surface area contributed by atoms with E-state index in [2.05, 4.69) is 20.9 Å². The molecule has 0 spiro atoms. The highest BCUT2D eigenvalue weighted by Crippen LogP contribution is 2.37. The van der Waals surface area contributed by atoms with Crippen molar-refractivity contribution in [2.45, 2.75) is 19.4 Å². The number of aromatic nitrogens is 1. The molecule has 1 aliphatic heterocycles. The van der Waals surface area contributed by atoms with Crippen LogP contribution >= 0.6 is 39.5 Å². The molecule has 1 atom stereocenters. The summed E-state index contributed by atoms with van der Waals surface area (Å²) >= 11 is 9.99. The van der Waals surface area contributed by atoms with Gasteiger partial charge in [-0.05, 0) is 42.4 Å². The zero-order chi connectivity index (χ0) is 22.1. The maximum absolute atomic E-state index is 13.0. The second kappa shape index (κ2) is 8.86. The van der Waals surface area contributed by atoms with Gasteiger partial charge in [-0.2, -0.15) is 0 Å². The Morgan fingerprint density at radius 1 is 1.29 bits per heavy atom. The first kappa shape index (κ1) is 21.6. The number of aromatic hydroxyl groups is 1. The molecule has 1 N–H and O–H groups in total. The molecule has 0 saturated heterocycles. The molecule has 6 nitrogen and oxygen atoms in total. The molecule has 0 aliphatic carbocycles. The third-order valence-corrected chi connectivity index (χ3v) is 6.66. The van der Waals surface area contributed by atoms with Gasteiger partial charge in [0.2, 0.25) is 5.88 Å². The molecule has 0 bridgehead atoms. The molecule has 0 fully saturated rings. The summed E-state index contributed by atoms with van der Waals surface area (Å²) in [7, 11) is 0. The van der Waals surface area contributed by atoms with Gasteiger partial charge in [0, 0.05) is 9.69 Å². The van der Waals surface area contributed by atoms with E-state index >= 15 is 0 Å². The number of rotatable bonds is 6. The van der Waals surface area contributed by atoms with E-state index in [-0.39, 0.29) is 26.9 Å². The predicted octanol–water partition coefficient (Wildman–Crippen LogP) is 3.65. The molecule has 0 saturated carbocycles. The first-order valence-corrected chi connectivity index (χ1v) is 11.5. The van der Waals surface area contributed by atoms with E-state index in [1.807, 2.05) is 13.0 Å². The highest BCUT2D eigenvalue weighted by atomic mass is 79.9. The Morgan fingerprint density at radius 2 is 2.03 bits per heavy atom. The summed E-state index contributed by atoms with van der Waals surface area (Å²) in [5, 5.41) is 12.3. The molecule has 3 aromatic rings. The van der Waals surface area contributed by atoms with Gasteiger partial charge < -0.3 is 9.84 Å². The van der Waals surface area contributed by atoms with E-state index < -0.39 is 17.9 Å². The lowest BCUT2D eigenvalue weighted by Gasteiger charge is -2.19. The van der Waals surface area contributed by atoms with E-state index in [1.54, 1.807) is 42.5 Å². The Bertz CT molecular complexity index is 1360. The second-order valence-corrected chi connectivity index (χ2v) is 9.38. The topological polar surface area (TPSA) is 80.9 Å². The summed E-state index contributed by atoms with van der Waals surface area (Å²) in [4.78, 5) is 30.0. The van der Waals surface area contributed by atoms with Gasteiger partial charge >= 0.3 is 5.97 Å². The molecule has 1 aliphatic rings. The molecule has 31 heavy (non-hydrogen) atoms. The van der Waals surface area contributed by atoms with Crippen LogP contribution in [-0.4, -0.2) is 28.2 Å². The van der Waals surface area contributed by atoms with Crippen molar-refractivity contribution < 1.29 is 19.4 Å². The fourth-order valence-electron chi connectivity index (χ4n) is 3.38. The molecule has 1 amide bonds. The third-order valence-electron chi connectivity index (χ3n) is 4.75. The number of carbonyl (C=O) groups excluding carboxylic acids is 2. The Morgan fingerprint density at radius 3 is 2.74 bits per heavy atom. The van der Waals surface area contributed by atoms with E-state index in [0.717, 1.165) is 15.8 Å². The van der Waals surface area contributed by atoms with Gasteiger partial charge in [-0.1, -0.05) is 53.2 Å².